The molecular weight excluding hydrogens is 376 g/mol. The van der Waals surface area contributed by atoms with Gasteiger partial charge in [0.05, 0.1) is 22.4 Å². The number of halogens is 1. The van der Waals surface area contributed by atoms with Gasteiger partial charge in [0.2, 0.25) is 11.8 Å². The molecule has 2 aromatic rings. The summed E-state index contributed by atoms with van der Waals surface area (Å²) in [5.74, 6) is 0.466. The largest absolute Gasteiger partial charge is 0.337 e. The van der Waals surface area contributed by atoms with Crippen molar-refractivity contribution in [1.29, 1.82) is 0 Å². The average molecular weight is 397 g/mol. The van der Waals surface area contributed by atoms with E-state index in [9.17, 15) is 9.59 Å². The van der Waals surface area contributed by atoms with Gasteiger partial charge in [0.25, 0.3) is 0 Å². The van der Waals surface area contributed by atoms with E-state index in [-0.39, 0.29) is 23.3 Å². The van der Waals surface area contributed by atoms with Crippen LogP contribution in [0.1, 0.15) is 17.4 Å². The number of carbonyl (C=O) groups excluding carboxylic acids is 2. The fourth-order valence-corrected chi connectivity index (χ4v) is 4.06. The van der Waals surface area contributed by atoms with E-state index in [2.05, 4.69) is 5.32 Å². The van der Waals surface area contributed by atoms with Gasteiger partial charge in [-0.2, -0.15) is 0 Å². The van der Waals surface area contributed by atoms with Crippen molar-refractivity contribution in [2.24, 2.45) is 0 Å². The molecule has 0 aliphatic carbocycles. The fraction of sp³-hybridized carbons (Fsp3) is 0.333. The quantitative estimate of drug-likeness (QED) is 0.718. The third-order valence-electron chi connectivity index (χ3n) is 3.47. The molecule has 0 fully saturated rings. The van der Waals surface area contributed by atoms with Crippen LogP contribution in [-0.4, -0.2) is 34.8 Å². The van der Waals surface area contributed by atoms with Crippen LogP contribution in [0.5, 0.6) is 0 Å². The smallest absolute Gasteiger partial charge is 0.234 e. The lowest BCUT2D eigenvalue weighted by Crippen LogP contribution is -2.31. The zero-order valence-electron chi connectivity index (χ0n) is 14.3. The molecule has 0 aliphatic rings. The molecule has 0 bridgehead atoms. The summed E-state index contributed by atoms with van der Waals surface area (Å²) in [6.07, 6.45) is 0. The van der Waals surface area contributed by atoms with Crippen molar-refractivity contribution in [3.63, 3.8) is 0 Å². The second-order valence-corrected chi connectivity index (χ2v) is 8.31. The SMILES string of the molecule is CCN(Cc1ccc(Cl)s1)C(=O)CSCC(=O)Nc1cccc(C)c1. The van der Waals surface area contributed by atoms with E-state index in [4.69, 9.17) is 11.6 Å². The summed E-state index contributed by atoms with van der Waals surface area (Å²) in [5.41, 5.74) is 1.87. The Morgan fingerprint density at radius 2 is 2.04 bits per heavy atom. The zero-order chi connectivity index (χ0) is 18.2. The standard InChI is InChI=1S/C18H21ClN2O2S2/c1-3-21(10-15-7-8-16(19)25-15)18(23)12-24-11-17(22)20-14-6-4-5-13(2)9-14/h4-9H,3,10-12H2,1-2H3,(H,20,22). The van der Waals surface area contributed by atoms with E-state index in [0.29, 0.717) is 13.1 Å². The minimum Gasteiger partial charge on any atom is -0.337 e. The van der Waals surface area contributed by atoms with Crippen LogP contribution in [0.2, 0.25) is 4.34 Å². The monoisotopic (exact) mass is 396 g/mol. The van der Waals surface area contributed by atoms with Crippen LogP contribution in [0.15, 0.2) is 36.4 Å². The summed E-state index contributed by atoms with van der Waals surface area (Å²) in [6.45, 7) is 5.11. The van der Waals surface area contributed by atoms with Crippen molar-refractivity contribution in [2.75, 3.05) is 23.4 Å². The number of carbonyl (C=O) groups is 2. The normalized spacial score (nSPS) is 10.5. The number of hydrogen-bond acceptors (Lipinski definition) is 4. The van der Waals surface area contributed by atoms with E-state index < -0.39 is 0 Å². The van der Waals surface area contributed by atoms with Gasteiger partial charge in [-0.3, -0.25) is 9.59 Å². The minimum atomic E-state index is -0.100. The molecule has 2 amide bonds. The summed E-state index contributed by atoms with van der Waals surface area (Å²) in [5, 5.41) is 2.84. The Morgan fingerprint density at radius 1 is 1.24 bits per heavy atom. The van der Waals surface area contributed by atoms with Crippen LogP contribution in [0.4, 0.5) is 5.69 Å². The maximum Gasteiger partial charge on any atom is 0.234 e. The minimum absolute atomic E-state index is 0.0281. The second kappa shape index (κ2) is 9.85. The molecule has 0 atom stereocenters. The predicted molar refractivity (Wildman–Crippen MR) is 108 cm³/mol. The molecule has 2 rings (SSSR count). The molecule has 0 spiro atoms. The summed E-state index contributed by atoms with van der Waals surface area (Å²) >= 11 is 8.73. The first-order chi connectivity index (χ1) is 12.0. The maximum atomic E-state index is 12.3. The first-order valence-corrected chi connectivity index (χ1v) is 10.3. The lowest BCUT2D eigenvalue weighted by atomic mass is 10.2. The van der Waals surface area contributed by atoms with Gasteiger partial charge < -0.3 is 10.2 Å². The Hall–Kier alpha value is -1.50. The van der Waals surface area contributed by atoms with E-state index in [1.165, 1.54) is 23.1 Å². The second-order valence-electron chi connectivity index (χ2n) is 5.52. The molecule has 134 valence electrons. The highest BCUT2D eigenvalue weighted by atomic mass is 35.5. The number of nitrogens with one attached hydrogen (secondary N) is 1. The number of nitrogens with zero attached hydrogens (tertiary/aromatic N) is 1. The Bertz CT molecular complexity index is 733. The van der Waals surface area contributed by atoms with Gasteiger partial charge in [-0.1, -0.05) is 23.7 Å². The van der Waals surface area contributed by atoms with E-state index in [1.807, 2.05) is 50.2 Å². The lowest BCUT2D eigenvalue weighted by Gasteiger charge is -2.19. The highest BCUT2D eigenvalue weighted by molar-refractivity contribution is 8.00. The fourth-order valence-electron chi connectivity index (χ4n) is 2.24. The molecule has 1 aromatic heterocycles. The first kappa shape index (κ1) is 19.8. The molecule has 1 aromatic carbocycles. The van der Waals surface area contributed by atoms with Gasteiger partial charge >= 0.3 is 0 Å². The van der Waals surface area contributed by atoms with Gasteiger partial charge in [0.1, 0.15) is 0 Å². The summed E-state index contributed by atoms with van der Waals surface area (Å²) in [6, 6.07) is 11.4. The lowest BCUT2D eigenvalue weighted by molar-refractivity contribution is -0.128. The summed E-state index contributed by atoms with van der Waals surface area (Å²) in [7, 11) is 0. The van der Waals surface area contributed by atoms with Gasteiger partial charge in [0, 0.05) is 17.1 Å². The molecule has 0 unspecified atom stereocenters. The van der Waals surface area contributed by atoms with Crippen LogP contribution in [0.3, 0.4) is 0 Å². The Kier molecular flexibility index (Phi) is 7.81. The van der Waals surface area contributed by atoms with Gasteiger partial charge in [-0.05, 0) is 43.7 Å². The van der Waals surface area contributed by atoms with Crippen LogP contribution in [-0.2, 0) is 16.1 Å². The molecule has 0 radical (unpaired) electrons. The molecule has 1 N–H and O–H groups in total. The molecule has 0 aliphatic heterocycles. The number of thioether (sulfide) groups is 1. The number of amides is 2. The maximum absolute atomic E-state index is 12.3. The van der Waals surface area contributed by atoms with Crippen LogP contribution in [0, 0.1) is 6.92 Å². The molecule has 4 nitrogen and oxygen atoms in total. The first-order valence-electron chi connectivity index (χ1n) is 7.94. The highest BCUT2D eigenvalue weighted by Gasteiger charge is 2.14. The number of rotatable bonds is 8. The van der Waals surface area contributed by atoms with E-state index in [1.54, 1.807) is 4.90 Å². The van der Waals surface area contributed by atoms with Crippen molar-refractivity contribution in [2.45, 2.75) is 20.4 Å². The van der Waals surface area contributed by atoms with Crippen LogP contribution >= 0.6 is 34.7 Å². The van der Waals surface area contributed by atoms with Gasteiger partial charge in [-0.15, -0.1) is 23.1 Å². The van der Waals surface area contributed by atoms with Crippen LogP contribution < -0.4 is 5.32 Å². The Labute approximate surface area is 161 Å². The molecule has 7 heteroatoms. The molecule has 25 heavy (non-hydrogen) atoms. The molecular formula is C18H21ClN2O2S2. The molecule has 1 heterocycles. The third kappa shape index (κ3) is 6.72. The number of anilines is 1. The van der Waals surface area contributed by atoms with Crippen molar-refractivity contribution in [1.82, 2.24) is 4.90 Å². The number of hydrogen-bond donors (Lipinski definition) is 1. The van der Waals surface area contributed by atoms with Crippen LogP contribution in [0.25, 0.3) is 0 Å². The van der Waals surface area contributed by atoms with Gasteiger partial charge in [0.15, 0.2) is 0 Å². The highest BCUT2D eigenvalue weighted by Crippen LogP contribution is 2.23. The summed E-state index contributed by atoms with van der Waals surface area (Å²) in [4.78, 5) is 27.1. The number of thiophene rings is 1. The van der Waals surface area contributed by atoms with Crippen molar-refractivity contribution < 1.29 is 9.59 Å². The number of benzene rings is 1. The molecule has 0 saturated heterocycles. The Morgan fingerprint density at radius 3 is 2.68 bits per heavy atom. The van der Waals surface area contributed by atoms with Crippen molar-refractivity contribution in [3.05, 3.63) is 51.2 Å². The average Bonchev–Trinajstić information content (AvgIpc) is 2.97. The summed E-state index contributed by atoms with van der Waals surface area (Å²) < 4.78 is 0.723. The third-order valence-corrected chi connectivity index (χ3v) is 5.60. The molecule has 0 saturated carbocycles. The Balaban J connectivity index is 1.75. The van der Waals surface area contributed by atoms with Crippen molar-refractivity contribution in [3.8, 4) is 0 Å². The number of aryl methyl sites for hydroxylation is 1. The topological polar surface area (TPSA) is 49.4 Å². The zero-order valence-corrected chi connectivity index (χ0v) is 16.6. The van der Waals surface area contributed by atoms with E-state index in [0.717, 1.165) is 20.5 Å². The van der Waals surface area contributed by atoms with Gasteiger partial charge in [-0.25, -0.2) is 0 Å². The predicted octanol–water partition coefficient (Wildman–Crippen LogP) is 4.43. The van der Waals surface area contributed by atoms with E-state index >= 15 is 0 Å². The van der Waals surface area contributed by atoms with Crippen molar-refractivity contribution >= 4 is 52.2 Å².